The molecule has 0 aliphatic heterocycles. The Balaban J connectivity index is 3.02. The topological polar surface area (TPSA) is 0 Å². The van der Waals surface area contributed by atoms with Gasteiger partial charge in [0.15, 0.2) is 0 Å². The average Bonchev–Trinajstić information content (AvgIpc) is 1.85. The van der Waals surface area contributed by atoms with Crippen LogP contribution in [0.5, 0.6) is 0 Å². The first-order chi connectivity index (χ1) is 5.06. The summed E-state index contributed by atoms with van der Waals surface area (Å²) in [6.45, 7) is 1.28. The third-order valence-corrected chi connectivity index (χ3v) is 1.98. The van der Waals surface area contributed by atoms with Crippen molar-refractivity contribution in [1.82, 2.24) is 0 Å². The molecule has 0 atom stereocenters. The molecule has 0 aliphatic rings. The first-order valence-corrected chi connectivity index (χ1v) is 4.96. The molecule has 0 spiro atoms. The van der Waals surface area contributed by atoms with Crippen molar-refractivity contribution in [2.75, 3.05) is 33.6 Å². The minimum absolute atomic E-state index is 0.824. The van der Waals surface area contributed by atoms with Crippen molar-refractivity contribution in [1.29, 1.82) is 0 Å². The van der Waals surface area contributed by atoms with E-state index in [1.54, 1.807) is 0 Å². The van der Waals surface area contributed by atoms with Gasteiger partial charge >= 0.3 is 0 Å². The fourth-order valence-corrected chi connectivity index (χ4v) is 1.22. The van der Waals surface area contributed by atoms with Crippen LogP contribution in [-0.4, -0.2) is 38.1 Å². The molecule has 11 heavy (non-hydrogen) atoms. The van der Waals surface area contributed by atoms with Crippen LogP contribution in [0.4, 0.5) is 0 Å². The number of halogens is 1. The van der Waals surface area contributed by atoms with Gasteiger partial charge in [0.2, 0.25) is 0 Å². The Morgan fingerprint density at radius 3 is 1.91 bits per heavy atom. The lowest BCUT2D eigenvalue weighted by Gasteiger charge is -2.23. The number of rotatable bonds is 6. The van der Waals surface area contributed by atoms with Crippen LogP contribution in [0.25, 0.3) is 0 Å². The van der Waals surface area contributed by atoms with E-state index in [1.807, 2.05) is 0 Å². The molecule has 2 heteroatoms. The van der Waals surface area contributed by atoms with Crippen LogP contribution < -0.4 is 0 Å². The summed E-state index contributed by atoms with van der Waals surface area (Å²) in [5.74, 6) is 0.824. The maximum Gasteiger partial charge on any atom is 0.0780 e. The number of unbranched alkanes of at least 4 members (excludes halogenated alkanes) is 3. The molecule has 0 saturated carbocycles. The predicted octanol–water partition coefficient (Wildman–Crippen LogP) is 2.49. The van der Waals surface area contributed by atoms with Crippen molar-refractivity contribution in [2.24, 2.45) is 0 Å². The summed E-state index contributed by atoms with van der Waals surface area (Å²) >= 11 is 5.57. The number of hydrogen-bond acceptors (Lipinski definition) is 0. The van der Waals surface area contributed by atoms with Gasteiger partial charge in [-0.3, -0.25) is 0 Å². The van der Waals surface area contributed by atoms with Crippen LogP contribution in [0.3, 0.4) is 0 Å². The minimum atomic E-state index is 0.824. The predicted molar refractivity (Wildman–Crippen MR) is 52.1 cm³/mol. The summed E-state index contributed by atoms with van der Waals surface area (Å²) in [5, 5.41) is 0. The number of quaternary nitrogens is 1. The van der Waals surface area contributed by atoms with Crippen molar-refractivity contribution in [2.45, 2.75) is 25.7 Å². The molecule has 0 unspecified atom stereocenters. The quantitative estimate of drug-likeness (QED) is 0.333. The standard InChI is InChI=1S/C9H21ClN/c1-11(2,3)9-7-5-4-6-8-10/h4-9H2,1-3H3/q+1. The Hall–Kier alpha value is 0.250. The largest absolute Gasteiger partial charge is 0.331 e. The summed E-state index contributed by atoms with van der Waals surface area (Å²) in [6.07, 6.45) is 5.14. The molecule has 0 rings (SSSR count). The molecule has 0 radical (unpaired) electrons. The van der Waals surface area contributed by atoms with Crippen LogP contribution in [0, 0.1) is 0 Å². The molecule has 0 aromatic rings. The molecule has 0 heterocycles. The van der Waals surface area contributed by atoms with Gasteiger partial charge in [-0.15, -0.1) is 11.6 Å². The highest BCUT2D eigenvalue weighted by Gasteiger charge is 2.04. The van der Waals surface area contributed by atoms with Crippen LogP contribution >= 0.6 is 11.6 Å². The van der Waals surface area contributed by atoms with Crippen molar-refractivity contribution in [3.8, 4) is 0 Å². The Bertz CT molecular complexity index is 86.1. The molecule has 0 N–H and O–H groups in total. The van der Waals surface area contributed by atoms with Crippen molar-refractivity contribution >= 4 is 11.6 Å². The van der Waals surface area contributed by atoms with Gasteiger partial charge in [0.25, 0.3) is 0 Å². The van der Waals surface area contributed by atoms with Crippen molar-refractivity contribution in [3.05, 3.63) is 0 Å². The van der Waals surface area contributed by atoms with E-state index in [-0.39, 0.29) is 0 Å². The normalized spacial score (nSPS) is 12.0. The molecular formula is C9H21ClN+. The zero-order valence-electron chi connectivity index (χ0n) is 8.07. The van der Waals surface area contributed by atoms with Crippen LogP contribution in [0.1, 0.15) is 25.7 Å². The molecule has 68 valence electrons. The van der Waals surface area contributed by atoms with E-state index < -0.39 is 0 Å². The van der Waals surface area contributed by atoms with E-state index in [4.69, 9.17) is 11.6 Å². The Morgan fingerprint density at radius 2 is 1.45 bits per heavy atom. The minimum Gasteiger partial charge on any atom is -0.331 e. The highest BCUT2D eigenvalue weighted by molar-refractivity contribution is 6.17. The molecule has 0 aliphatic carbocycles. The zero-order valence-corrected chi connectivity index (χ0v) is 8.82. The summed E-state index contributed by atoms with van der Waals surface area (Å²) < 4.78 is 1.08. The Labute approximate surface area is 75.9 Å². The highest BCUT2D eigenvalue weighted by Crippen LogP contribution is 2.03. The second-order valence-corrected chi connectivity index (χ2v) is 4.50. The van der Waals surface area contributed by atoms with Crippen LogP contribution in [0.15, 0.2) is 0 Å². The lowest BCUT2D eigenvalue weighted by Crippen LogP contribution is -2.35. The smallest absolute Gasteiger partial charge is 0.0780 e. The van der Waals surface area contributed by atoms with E-state index in [1.165, 1.54) is 32.2 Å². The number of hydrogen-bond donors (Lipinski definition) is 0. The lowest BCUT2D eigenvalue weighted by molar-refractivity contribution is -0.870. The molecule has 0 aromatic heterocycles. The van der Waals surface area contributed by atoms with Crippen molar-refractivity contribution in [3.63, 3.8) is 0 Å². The van der Waals surface area contributed by atoms with E-state index in [0.717, 1.165) is 10.4 Å². The van der Waals surface area contributed by atoms with E-state index >= 15 is 0 Å². The monoisotopic (exact) mass is 178 g/mol. The third kappa shape index (κ3) is 10.2. The first kappa shape index (κ1) is 11.2. The molecule has 0 amide bonds. The second kappa shape index (κ2) is 5.84. The van der Waals surface area contributed by atoms with Gasteiger partial charge in [-0.1, -0.05) is 6.42 Å². The lowest BCUT2D eigenvalue weighted by atomic mass is 10.2. The molecule has 0 aromatic carbocycles. The highest BCUT2D eigenvalue weighted by atomic mass is 35.5. The first-order valence-electron chi connectivity index (χ1n) is 4.43. The van der Waals surface area contributed by atoms with Gasteiger partial charge < -0.3 is 4.48 Å². The van der Waals surface area contributed by atoms with Gasteiger partial charge in [-0.2, -0.15) is 0 Å². The maximum absolute atomic E-state index is 5.57. The Kier molecular flexibility index (Phi) is 5.98. The fraction of sp³-hybridized carbons (Fsp3) is 1.00. The molecule has 0 fully saturated rings. The molecule has 0 bridgehead atoms. The van der Waals surface area contributed by atoms with Gasteiger partial charge in [-0.05, 0) is 19.3 Å². The fourth-order valence-electron chi connectivity index (χ4n) is 1.03. The second-order valence-electron chi connectivity index (χ2n) is 4.12. The SMILES string of the molecule is C[N+](C)(C)CCCCCCCl. The van der Waals surface area contributed by atoms with Gasteiger partial charge in [0, 0.05) is 5.88 Å². The van der Waals surface area contributed by atoms with Gasteiger partial charge in [0.1, 0.15) is 0 Å². The number of alkyl halides is 1. The van der Waals surface area contributed by atoms with Crippen molar-refractivity contribution < 1.29 is 4.48 Å². The summed E-state index contributed by atoms with van der Waals surface area (Å²) in [7, 11) is 6.71. The molecule has 1 nitrogen and oxygen atoms in total. The number of nitrogens with zero attached hydrogens (tertiary/aromatic N) is 1. The van der Waals surface area contributed by atoms with E-state index in [0.29, 0.717) is 0 Å². The summed E-state index contributed by atoms with van der Waals surface area (Å²) in [6, 6.07) is 0. The maximum atomic E-state index is 5.57. The van der Waals surface area contributed by atoms with Crippen LogP contribution in [0.2, 0.25) is 0 Å². The van der Waals surface area contributed by atoms with Gasteiger partial charge in [0.05, 0.1) is 27.7 Å². The third-order valence-electron chi connectivity index (χ3n) is 1.71. The molecule has 0 saturated heterocycles. The Morgan fingerprint density at radius 1 is 0.909 bits per heavy atom. The van der Waals surface area contributed by atoms with Gasteiger partial charge in [-0.25, -0.2) is 0 Å². The van der Waals surface area contributed by atoms with E-state index in [9.17, 15) is 0 Å². The summed E-state index contributed by atoms with van der Waals surface area (Å²) in [4.78, 5) is 0. The molecular weight excluding hydrogens is 158 g/mol. The summed E-state index contributed by atoms with van der Waals surface area (Å²) in [5.41, 5.74) is 0. The van der Waals surface area contributed by atoms with E-state index in [2.05, 4.69) is 21.1 Å². The van der Waals surface area contributed by atoms with Crippen LogP contribution in [-0.2, 0) is 0 Å². The zero-order chi connectivity index (χ0) is 8.74. The average molecular weight is 179 g/mol.